The van der Waals surface area contributed by atoms with Crippen LogP contribution in [-0.2, 0) is 6.54 Å². The third-order valence-electron chi connectivity index (χ3n) is 7.68. The van der Waals surface area contributed by atoms with Crippen LogP contribution in [0.15, 0.2) is 11.6 Å². The van der Waals surface area contributed by atoms with E-state index in [4.69, 9.17) is 4.74 Å². The second kappa shape index (κ2) is 9.57. The highest BCUT2D eigenvalue weighted by atomic mass is 16.5. The van der Waals surface area contributed by atoms with Crippen molar-refractivity contribution in [1.29, 1.82) is 0 Å². The maximum atomic E-state index is 11.7. The van der Waals surface area contributed by atoms with Gasteiger partial charge in [0.15, 0.2) is 0 Å². The molecular formula is C28H45NO2. The van der Waals surface area contributed by atoms with Gasteiger partial charge in [-0.3, -0.25) is 0 Å². The van der Waals surface area contributed by atoms with E-state index in [1.165, 1.54) is 48.8 Å². The average molecular weight is 428 g/mol. The first-order chi connectivity index (χ1) is 14.6. The maximum Gasteiger partial charge on any atom is 0.132 e. The molecule has 0 amide bonds. The number of unbranched alkanes of at least 4 members (excludes halogenated alkanes) is 2. The number of benzene rings is 1. The molecule has 2 aliphatic rings. The van der Waals surface area contributed by atoms with Gasteiger partial charge in [-0.1, -0.05) is 53.4 Å². The van der Waals surface area contributed by atoms with Crippen molar-refractivity contribution >= 4 is 5.57 Å². The Labute approximate surface area is 190 Å². The van der Waals surface area contributed by atoms with Crippen molar-refractivity contribution in [3.8, 4) is 11.5 Å². The van der Waals surface area contributed by atoms with Crippen LogP contribution >= 0.6 is 0 Å². The standard InChI is InChI=1S/C28H45NO2/c1-9-10-11-12-19(3)20(4)21-16-25-26(27(30)23(21)17-29(7)8)22-15-18(2)13-14-24(22)28(5,6)31-25/h16,18-20,30H,9-15,17H2,1-8H3. The van der Waals surface area contributed by atoms with Crippen LogP contribution in [0.1, 0.15) is 109 Å². The van der Waals surface area contributed by atoms with Gasteiger partial charge in [0, 0.05) is 12.1 Å². The molecular weight excluding hydrogens is 382 g/mol. The number of aromatic hydroxyl groups is 1. The van der Waals surface area contributed by atoms with Crippen LogP contribution in [0.3, 0.4) is 0 Å². The molecule has 0 radical (unpaired) electrons. The van der Waals surface area contributed by atoms with E-state index in [0.29, 0.717) is 23.5 Å². The maximum absolute atomic E-state index is 11.7. The number of ether oxygens (including phenoxy) is 1. The Hall–Kier alpha value is -1.48. The zero-order chi connectivity index (χ0) is 22.9. The summed E-state index contributed by atoms with van der Waals surface area (Å²) in [4.78, 5) is 2.17. The first kappa shape index (κ1) is 24.2. The van der Waals surface area contributed by atoms with Gasteiger partial charge in [0.1, 0.15) is 17.1 Å². The number of hydrogen-bond acceptors (Lipinski definition) is 3. The Kier molecular flexibility index (Phi) is 7.46. The molecule has 1 aliphatic carbocycles. The van der Waals surface area contributed by atoms with Gasteiger partial charge in [-0.15, -0.1) is 0 Å². The molecule has 1 heterocycles. The van der Waals surface area contributed by atoms with E-state index < -0.39 is 0 Å². The number of phenols is 1. The van der Waals surface area contributed by atoms with Gasteiger partial charge in [0.05, 0.1) is 5.56 Å². The molecule has 3 heteroatoms. The van der Waals surface area contributed by atoms with Crippen LogP contribution in [0.4, 0.5) is 0 Å². The molecule has 0 bridgehead atoms. The SMILES string of the molecule is CCCCCC(C)C(C)c1cc2c(c(O)c1CN(C)C)C1=C(CCC(C)C1)C(C)(C)O2. The van der Waals surface area contributed by atoms with E-state index in [0.717, 1.165) is 36.3 Å². The molecule has 0 spiro atoms. The Bertz CT molecular complexity index is 821. The second-order valence-electron chi connectivity index (χ2n) is 11.1. The molecule has 1 aromatic carbocycles. The van der Waals surface area contributed by atoms with Crippen molar-refractivity contribution in [2.45, 2.75) is 105 Å². The first-order valence-corrected chi connectivity index (χ1v) is 12.5. The Balaban J connectivity index is 2.11. The molecule has 3 rings (SSSR count). The Morgan fingerprint density at radius 3 is 2.58 bits per heavy atom. The fourth-order valence-corrected chi connectivity index (χ4v) is 5.61. The quantitative estimate of drug-likeness (QED) is 0.435. The van der Waals surface area contributed by atoms with Crippen LogP contribution in [0.25, 0.3) is 5.57 Å². The van der Waals surface area contributed by atoms with E-state index in [9.17, 15) is 5.11 Å². The molecule has 1 N–H and O–H groups in total. The average Bonchev–Trinajstić information content (AvgIpc) is 2.68. The smallest absolute Gasteiger partial charge is 0.132 e. The topological polar surface area (TPSA) is 32.7 Å². The fourth-order valence-electron chi connectivity index (χ4n) is 5.61. The fraction of sp³-hybridized carbons (Fsp3) is 0.714. The number of allylic oxidation sites excluding steroid dienone is 1. The van der Waals surface area contributed by atoms with Crippen molar-refractivity contribution in [2.24, 2.45) is 11.8 Å². The summed E-state index contributed by atoms with van der Waals surface area (Å²) < 4.78 is 6.60. The van der Waals surface area contributed by atoms with Crippen LogP contribution in [0.5, 0.6) is 11.5 Å². The van der Waals surface area contributed by atoms with Gasteiger partial charge in [0.2, 0.25) is 0 Å². The second-order valence-corrected chi connectivity index (χ2v) is 11.1. The van der Waals surface area contributed by atoms with Crippen molar-refractivity contribution in [3.05, 3.63) is 28.3 Å². The van der Waals surface area contributed by atoms with Crippen molar-refractivity contribution in [2.75, 3.05) is 14.1 Å². The predicted molar refractivity (Wildman–Crippen MR) is 132 cm³/mol. The number of rotatable bonds is 8. The molecule has 3 unspecified atom stereocenters. The van der Waals surface area contributed by atoms with Gasteiger partial charge < -0.3 is 14.7 Å². The largest absolute Gasteiger partial charge is 0.507 e. The predicted octanol–water partition coefficient (Wildman–Crippen LogP) is 7.52. The van der Waals surface area contributed by atoms with E-state index in [2.05, 4.69) is 66.6 Å². The van der Waals surface area contributed by atoms with Crippen LogP contribution in [0.2, 0.25) is 0 Å². The minimum absolute atomic E-state index is 0.300. The monoisotopic (exact) mass is 427 g/mol. The Morgan fingerprint density at radius 2 is 1.94 bits per heavy atom. The summed E-state index contributed by atoms with van der Waals surface area (Å²) >= 11 is 0. The first-order valence-electron chi connectivity index (χ1n) is 12.5. The lowest BCUT2D eigenvalue weighted by Gasteiger charge is -2.42. The summed E-state index contributed by atoms with van der Waals surface area (Å²) in [7, 11) is 4.18. The normalized spacial score (nSPS) is 22.0. The van der Waals surface area contributed by atoms with Gasteiger partial charge in [0.25, 0.3) is 0 Å². The molecule has 3 atom stereocenters. The molecule has 3 nitrogen and oxygen atoms in total. The minimum Gasteiger partial charge on any atom is -0.507 e. The lowest BCUT2D eigenvalue weighted by atomic mass is 9.73. The summed E-state index contributed by atoms with van der Waals surface area (Å²) in [5.41, 5.74) is 5.76. The number of fused-ring (bicyclic) bond motifs is 2. The molecule has 0 saturated carbocycles. The minimum atomic E-state index is -0.300. The lowest BCUT2D eigenvalue weighted by molar-refractivity contribution is 0.134. The molecule has 174 valence electrons. The van der Waals surface area contributed by atoms with E-state index in [-0.39, 0.29) is 5.60 Å². The van der Waals surface area contributed by atoms with Crippen molar-refractivity contribution in [3.63, 3.8) is 0 Å². The Morgan fingerprint density at radius 1 is 1.23 bits per heavy atom. The molecule has 0 fully saturated rings. The van der Waals surface area contributed by atoms with Gasteiger partial charge in [-0.05, 0) is 87.7 Å². The summed E-state index contributed by atoms with van der Waals surface area (Å²) in [6.07, 6.45) is 8.36. The van der Waals surface area contributed by atoms with E-state index in [1.807, 2.05) is 0 Å². The molecule has 1 aliphatic heterocycles. The van der Waals surface area contributed by atoms with E-state index >= 15 is 0 Å². The number of nitrogens with zero attached hydrogens (tertiary/aromatic N) is 1. The van der Waals surface area contributed by atoms with Gasteiger partial charge >= 0.3 is 0 Å². The highest BCUT2D eigenvalue weighted by molar-refractivity contribution is 5.82. The summed E-state index contributed by atoms with van der Waals surface area (Å²) in [6.45, 7) is 14.4. The summed E-state index contributed by atoms with van der Waals surface area (Å²) in [5.74, 6) is 2.96. The zero-order valence-electron chi connectivity index (χ0n) is 21.3. The molecule has 31 heavy (non-hydrogen) atoms. The molecule has 1 aromatic rings. The van der Waals surface area contributed by atoms with Crippen LogP contribution < -0.4 is 4.74 Å². The number of phenolic OH excluding ortho intramolecular Hbond substituents is 1. The van der Waals surface area contributed by atoms with Gasteiger partial charge in [-0.25, -0.2) is 0 Å². The summed E-state index contributed by atoms with van der Waals surface area (Å²) in [6, 6.07) is 2.28. The molecule has 0 saturated heterocycles. The van der Waals surface area contributed by atoms with E-state index in [1.54, 1.807) is 0 Å². The van der Waals surface area contributed by atoms with Crippen molar-refractivity contribution in [1.82, 2.24) is 4.90 Å². The zero-order valence-corrected chi connectivity index (χ0v) is 21.3. The summed E-state index contributed by atoms with van der Waals surface area (Å²) in [5, 5.41) is 11.7. The van der Waals surface area contributed by atoms with Crippen LogP contribution in [-0.4, -0.2) is 29.7 Å². The molecule has 0 aromatic heterocycles. The highest BCUT2D eigenvalue weighted by Gasteiger charge is 2.40. The lowest BCUT2D eigenvalue weighted by Crippen LogP contribution is -2.37. The number of hydrogen-bond donors (Lipinski definition) is 1. The highest BCUT2D eigenvalue weighted by Crippen LogP contribution is 2.53. The van der Waals surface area contributed by atoms with Crippen LogP contribution in [0, 0.1) is 11.8 Å². The third kappa shape index (κ3) is 4.97. The van der Waals surface area contributed by atoms with Gasteiger partial charge in [-0.2, -0.15) is 0 Å². The third-order valence-corrected chi connectivity index (χ3v) is 7.68. The van der Waals surface area contributed by atoms with Crippen molar-refractivity contribution < 1.29 is 9.84 Å².